The van der Waals surface area contributed by atoms with Crippen LogP contribution in [0.15, 0.2) is 12.1 Å². The fraction of sp³-hybridized carbons (Fsp3) is 0.667. The number of ether oxygens (including phenoxy) is 1. The number of rotatable bonds is 2. The largest absolute Gasteiger partial charge is 0.439 e. The van der Waals surface area contributed by atoms with Gasteiger partial charge in [-0.2, -0.15) is 0 Å². The first-order valence-corrected chi connectivity index (χ1v) is 8.40. The molecule has 5 rings (SSSR count). The number of amides is 1. The third-order valence-electron chi connectivity index (χ3n) is 5.05. The second-order valence-electron chi connectivity index (χ2n) is 6.42. The third-order valence-corrected chi connectivity index (χ3v) is 6.33. The van der Waals surface area contributed by atoms with Crippen LogP contribution in [-0.2, 0) is 4.74 Å². The van der Waals surface area contributed by atoms with Crippen molar-refractivity contribution < 1.29 is 14.6 Å². The van der Waals surface area contributed by atoms with E-state index in [2.05, 4.69) is 4.90 Å². The number of fused-ring (bicyclic) bond motifs is 2. The zero-order valence-electron chi connectivity index (χ0n) is 12.1. The van der Waals surface area contributed by atoms with Gasteiger partial charge in [-0.05, 0) is 45.0 Å². The summed E-state index contributed by atoms with van der Waals surface area (Å²) in [5.41, 5.74) is -0.317. The van der Waals surface area contributed by atoms with E-state index in [0.717, 1.165) is 42.4 Å². The van der Waals surface area contributed by atoms with Crippen LogP contribution in [0.1, 0.15) is 30.7 Å². The molecule has 1 aromatic heterocycles. The number of hydrogen-bond acceptors (Lipinski definition) is 5. The van der Waals surface area contributed by atoms with Gasteiger partial charge in [-0.15, -0.1) is 11.3 Å². The monoisotopic (exact) mass is 308 g/mol. The van der Waals surface area contributed by atoms with E-state index in [1.54, 1.807) is 11.8 Å². The number of carbonyl (C=O) groups excluding carboxylic acids is 1. The highest BCUT2D eigenvalue weighted by Crippen LogP contribution is 2.44. The highest BCUT2D eigenvalue weighted by atomic mass is 32.1. The first-order valence-electron chi connectivity index (χ1n) is 7.58. The van der Waals surface area contributed by atoms with Crippen molar-refractivity contribution in [2.24, 2.45) is 5.92 Å². The van der Waals surface area contributed by atoms with Crippen LogP contribution >= 0.6 is 11.3 Å². The zero-order chi connectivity index (χ0) is 14.6. The van der Waals surface area contributed by atoms with Crippen LogP contribution < -0.4 is 4.90 Å². The van der Waals surface area contributed by atoms with Crippen molar-refractivity contribution in [1.82, 2.24) is 4.90 Å². The lowest BCUT2D eigenvalue weighted by atomic mass is 9.75. The van der Waals surface area contributed by atoms with Crippen LogP contribution in [0.5, 0.6) is 0 Å². The molecule has 5 heterocycles. The molecule has 0 aliphatic carbocycles. The van der Waals surface area contributed by atoms with Gasteiger partial charge in [0, 0.05) is 17.3 Å². The standard InChI is InChI=1S/C15H20N2O3S/c1-10(18)12-2-3-13(21-12)17-9-15(20-14(17)19)8-16-6-4-11(15)5-7-16/h2-3,10-11,18H,4-9H2,1H3/t10?,15-/m1/s1. The summed E-state index contributed by atoms with van der Waals surface area (Å²) in [7, 11) is 0. The maximum atomic E-state index is 12.3. The fourth-order valence-corrected chi connectivity index (χ4v) is 4.83. The average molecular weight is 308 g/mol. The molecule has 4 saturated heterocycles. The summed E-state index contributed by atoms with van der Waals surface area (Å²) in [5, 5.41) is 10.5. The Bertz CT molecular complexity index is 565. The molecule has 0 radical (unpaired) electrons. The summed E-state index contributed by atoms with van der Waals surface area (Å²) < 4.78 is 5.85. The van der Waals surface area contributed by atoms with E-state index < -0.39 is 6.10 Å². The fourth-order valence-electron chi connectivity index (χ4n) is 3.89. The molecule has 1 amide bonds. The van der Waals surface area contributed by atoms with E-state index in [1.807, 2.05) is 12.1 Å². The molecule has 0 saturated carbocycles. The first kappa shape index (κ1) is 13.5. The van der Waals surface area contributed by atoms with Crippen LogP contribution in [0.3, 0.4) is 0 Å². The topological polar surface area (TPSA) is 53.0 Å². The molecule has 2 bridgehead atoms. The number of aliphatic hydroxyl groups is 1. The van der Waals surface area contributed by atoms with E-state index in [9.17, 15) is 9.90 Å². The van der Waals surface area contributed by atoms with Crippen LogP contribution in [-0.4, -0.2) is 47.9 Å². The number of nitrogens with zero attached hydrogens (tertiary/aromatic N) is 2. The summed E-state index contributed by atoms with van der Waals surface area (Å²) in [6.07, 6.45) is 1.53. The van der Waals surface area contributed by atoms with E-state index in [1.165, 1.54) is 11.3 Å². The van der Waals surface area contributed by atoms with Crippen molar-refractivity contribution in [1.29, 1.82) is 0 Å². The Kier molecular flexibility index (Phi) is 3.03. The minimum atomic E-state index is -0.492. The molecule has 0 aromatic carbocycles. The lowest BCUT2D eigenvalue weighted by Gasteiger charge is -2.49. The molecular weight excluding hydrogens is 288 g/mol. The Labute approximate surface area is 128 Å². The number of thiophene rings is 1. The Morgan fingerprint density at radius 2 is 2.14 bits per heavy atom. The van der Waals surface area contributed by atoms with Gasteiger partial charge in [-0.3, -0.25) is 9.80 Å². The highest BCUT2D eigenvalue weighted by Gasteiger charge is 2.55. The third kappa shape index (κ3) is 2.08. The van der Waals surface area contributed by atoms with Gasteiger partial charge in [0.15, 0.2) is 0 Å². The van der Waals surface area contributed by atoms with Gasteiger partial charge >= 0.3 is 6.09 Å². The van der Waals surface area contributed by atoms with Crippen molar-refractivity contribution in [3.8, 4) is 0 Å². The average Bonchev–Trinajstić information content (AvgIpc) is 3.05. The Morgan fingerprint density at radius 1 is 1.38 bits per heavy atom. The molecule has 1 N–H and O–H groups in total. The minimum Gasteiger partial charge on any atom is -0.439 e. The maximum absolute atomic E-state index is 12.3. The predicted molar refractivity (Wildman–Crippen MR) is 80.7 cm³/mol. The number of hydrogen-bond donors (Lipinski definition) is 1. The number of piperidine rings is 3. The molecule has 2 atom stereocenters. The van der Waals surface area contributed by atoms with Gasteiger partial charge in [-0.1, -0.05) is 0 Å². The van der Waals surface area contributed by atoms with Gasteiger partial charge in [0.25, 0.3) is 0 Å². The molecule has 6 heteroatoms. The Hall–Kier alpha value is -1.11. The minimum absolute atomic E-state index is 0.234. The maximum Gasteiger partial charge on any atom is 0.415 e. The van der Waals surface area contributed by atoms with E-state index in [0.29, 0.717) is 12.5 Å². The number of aliphatic hydroxyl groups excluding tert-OH is 1. The molecule has 4 aliphatic heterocycles. The lowest BCUT2D eigenvalue weighted by molar-refractivity contribution is -0.0881. The van der Waals surface area contributed by atoms with Crippen LogP contribution in [0.2, 0.25) is 0 Å². The van der Waals surface area contributed by atoms with E-state index >= 15 is 0 Å². The summed E-state index contributed by atoms with van der Waals surface area (Å²) in [5.74, 6) is 0.493. The molecule has 1 spiro atoms. The van der Waals surface area contributed by atoms with Crippen LogP contribution in [0.4, 0.5) is 9.80 Å². The van der Waals surface area contributed by atoms with Crippen molar-refractivity contribution in [3.05, 3.63) is 17.0 Å². The van der Waals surface area contributed by atoms with Crippen LogP contribution in [0, 0.1) is 5.92 Å². The normalized spacial score (nSPS) is 36.3. The van der Waals surface area contributed by atoms with E-state index in [4.69, 9.17) is 4.74 Å². The molecule has 4 aliphatic rings. The van der Waals surface area contributed by atoms with Crippen molar-refractivity contribution >= 4 is 22.4 Å². The second kappa shape index (κ2) is 4.69. The number of anilines is 1. The quantitative estimate of drug-likeness (QED) is 0.910. The summed E-state index contributed by atoms with van der Waals surface area (Å²) >= 11 is 1.47. The smallest absolute Gasteiger partial charge is 0.415 e. The second-order valence-corrected chi connectivity index (χ2v) is 7.52. The SMILES string of the molecule is CC(O)c1ccc(N2C[C@@]3(CN4CCC3CC4)OC2=O)s1. The zero-order valence-corrected chi connectivity index (χ0v) is 12.9. The Balaban J connectivity index is 1.59. The van der Waals surface area contributed by atoms with Gasteiger partial charge < -0.3 is 9.84 Å². The molecule has 114 valence electrons. The Morgan fingerprint density at radius 3 is 2.71 bits per heavy atom. The molecule has 21 heavy (non-hydrogen) atoms. The summed E-state index contributed by atoms with van der Waals surface area (Å²) in [4.78, 5) is 17.4. The van der Waals surface area contributed by atoms with Crippen molar-refractivity contribution in [2.45, 2.75) is 31.5 Å². The summed E-state index contributed by atoms with van der Waals surface area (Å²) in [6.45, 7) is 5.53. The molecular formula is C15H20N2O3S. The van der Waals surface area contributed by atoms with Gasteiger partial charge in [0.2, 0.25) is 0 Å². The van der Waals surface area contributed by atoms with Crippen molar-refractivity contribution in [3.63, 3.8) is 0 Å². The summed E-state index contributed by atoms with van der Waals surface area (Å²) in [6, 6.07) is 3.80. The van der Waals surface area contributed by atoms with Gasteiger partial charge in [0.1, 0.15) is 10.6 Å². The molecule has 1 aromatic rings. The molecule has 1 unspecified atom stereocenters. The van der Waals surface area contributed by atoms with E-state index in [-0.39, 0.29) is 11.7 Å². The van der Waals surface area contributed by atoms with Gasteiger partial charge in [0.05, 0.1) is 12.6 Å². The highest BCUT2D eigenvalue weighted by molar-refractivity contribution is 7.16. The number of carbonyl (C=O) groups is 1. The van der Waals surface area contributed by atoms with Crippen molar-refractivity contribution in [2.75, 3.05) is 31.1 Å². The molecule has 4 fully saturated rings. The van der Waals surface area contributed by atoms with Crippen LogP contribution in [0.25, 0.3) is 0 Å². The first-order chi connectivity index (χ1) is 10.1. The molecule has 5 nitrogen and oxygen atoms in total. The lowest BCUT2D eigenvalue weighted by Crippen LogP contribution is -2.61. The van der Waals surface area contributed by atoms with Gasteiger partial charge in [-0.25, -0.2) is 4.79 Å². The predicted octanol–water partition coefficient (Wildman–Crippen LogP) is 2.22.